The summed E-state index contributed by atoms with van der Waals surface area (Å²) in [5, 5.41) is 0. The highest BCUT2D eigenvalue weighted by Crippen LogP contribution is 2.51. The highest BCUT2D eigenvalue weighted by molar-refractivity contribution is 7.89. The van der Waals surface area contributed by atoms with Gasteiger partial charge in [-0.3, -0.25) is 19.3 Å². The summed E-state index contributed by atoms with van der Waals surface area (Å²) < 4.78 is 30.7. The van der Waals surface area contributed by atoms with E-state index in [9.17, 15) is 22.8 Å². The normalized spacial score (nSPS) is 21.1. The van der Waals surface area contributed by atoms with Gasteiger partial charge in [0, 0.05) is 13.1 Å². The summed E-state index contributed by atoms with van der Waals surface area (Å²) in [5.41, 5.74) is 8.42. The first kappa shape index (κ1) is 39.3. The number of imide groups is 1. The molecule has 3 amide bonds. The van der Waals surface area contributed by atoms with Gasteiger partial charge < -0.3 is 10.2 Å². The summed E-state index contributed by atoms with van der Waals surface area (Å²) in [7, 11) is 0.427. The third kappa shape index (κ3) is 8.16. The number of hydrogen-bond donors (Lipinski definition) is 1. The number of allylic oxidation sites excluding steroid dienone is 4. The van der Waals surface area contributed by atoms with Crippen molar-refractivity contribution in [2.75, 3.05) is 46.8 Å². The topological polar surface area (TPSA) is 118 Å². The number of quaternary nitrogens is 1. The lowest BCUT2D eigenvalue weighted by Crippen LogP contribution is -2.52. The lowest BCUT2D eigenvalue weighted by molar-refractivity contribution is -0.889. The van der Waals surface area contributed by atoms with Crippen LogP contribution in [-0.4, -0.2) is 86.6 Å². The van der Waals surface area contributed by atoms with E-state index in [1.54, 1.807) is 40.7 Å². The summed E-state index contributed by atoms with van der Waals surface area (Å²) in [6.45, 7) is 4.41. The van der Waals surface area contributed by atoms with Crippen LogP contribution in [0.25, 0.3) is 0 Å². The van der Waals surface area contributed by atoms with Crippen molar-refractivity contribution in [1.29, 1.82) is 0 Å². The molecule has 6 rings (SSSR count). The Morgan fingerprint density at radius 3 is 2.17 bits per heavy atom. The standard InChI is InChI=1S/C44H54N4O5S/c1-33-20-24-38(25-21-33)54(52,53)46(29-31-48(2,3)30-13-12-27-47-41(49)39-18-10-11-19-40(39)42(47)50)28-26-34-22-23-37(32-34)44(43(45)51,35-14-6-4-7-15-35)36-16-8-5-9-17-36/h4-11,14-16,18-21,24-25,34,36-37H,12-13,17,22-23,26-32H2,1-3H3,(H-,45,51)/p+1. The molecule has 1 aliphatic heterocycles. The van der Waals surface area contributed by atoms with E-state index >= 15 is 0 Å². The van der Waals surface area contributed by atoms with Crippen molar-refractivity contribution in [2.24, 2.45) is 23.5 Å². The van der Waals surface area contributed by atoms with Crippen LogP contribution in [0.5, 0.6) is 0 Å². The van der Waals surface area contributed by atoms with Crippen molar-refractivity contribution in [3.63, 3.8) is 0 Å². The molecule has 0 bridgehead atoms. The number of benzene rings is 3. The molecule has 1 heterocycles. The van der Waals surface area contributed by atoms with E-state index in [1.807, 2.05) is 61.5 Å². The van der Waals surface area contributed by atoms with Crippen LogP contribution in [0.4, 0.5) is 0 Å². The Hall–Kier alpha value is -4.38. The van der Waals surface area contributed by atoms with E-state index in [2.05, 4.69) is 26.2 Å². The summed E-state index contributed by atoms with van der Waals surface area (Å²) in [4.78, 5) is 40.9. The van der Waals surface area contributed by atoms with Gasteiger partial charge in [0.05, 0.1) is 55.2 Å². The largest absolute Gasteiger partial charge is 0.369 e. The molecule has 0 aromatic heterocycles. The molecule has 3 aromatic rings. The number of aryl methyl sites for hydroxylation is 1. The van der Waals surface area contributed by atoms with Crippen LogP contribution in [0, 0.1) is 24.7 Å². The minimum Gasteiger partial charge on any atom is -0.369 e. The van der Waals surface area contributed by atoms with E-state index in [0.29, 0.717) is 54.6 Å². The molecule has 3 aromatic carbocycles. The van der Waals surface area contributed by atoms with Gasteiger partial charge in [0.15, 0.2) is 0 Å². The van der Waals surface area contributed by atoms with E-state index in [-0.39, 0.29) is 40.4 Å². The van der Waals surface area contributed by atoms with Crippen molar-refractivity contribution in [3.05, 3.63) is 125 Å². The quantitative estimate of drug-likeness (QED) is 0.0961. The Morgan fingerprint density at radius 1 is 0.870 bits per heavy atom. The van der Waals surface area contributed by atoms with Crippen LogP contribution in [-0.2, 0) is 20.2 Å². The second kappa shape index (κ2) is 16.6. The number of hydrogen-bond acceptors (Lipinski definition) is 5. The Kier molecular flexibility index (Phi) is 12.1. The number of carbonyl (C=O) groups is 3. The number of fused-ring (bicyclic) bond motifs is 1. The van der Waals surface area contributed by atoms with Gasteiger partial charge in [0.2, 0.25) is 15.9 Å². The summed E-state index contributed by atoms with van der Waals surface area (Å²) in [6.07, 6.45) is 13.7. The molecular formula is C44H55N4O5S+. The molecule has 2 N–H and O–H groups in total. The van der Waals surface area contributed by atoms with Gasteiger partial charge >= 0.3 is 0 Å². The fourth-order valence-electron chi connectivity index (χ4n) is 8.95. The minimum atomic E-state index is -3.77. The van der Waals surface area contributed by atoms with E-state index < -0.39 is 15.4 Å². The maximum absolute atomic E-state index is 14.2. The molecule has 10 heteroatoms. The summed E-state index contributed by atoms with van der Waals surface area (Å²) in [5.74, 6) is -0.521. The molecule has 0 saturated heterocycles. The van der Waals surface area contributed by atoms with Crippen molar-refractivity contribution in [3.8, 4) is 0 Å². The van der Waals surface area contributed by atoms with Crippen LogP contribution in [0.3, 0.4) is 0 Å². The van der Waals surface area contributed by atoms with E-state index in [4.69, 9.17) is 5.73 Å². The van der Waals surface area contributed by atoms with Crippen LogP contribution in [0.15, 0.2) is 108 Å². The molecular weight excluding hydrogens is 697 g/mol. The average Bonchev–Trinajstić information content (AvgIpc) is 3.73. The third-order valence-electron chi connectivity index (χ3n) is 12.1. The number of primary amides is 1. The van der Waals surface area contributed by atoms with Gasteiger partial charge in [-0.15, -0.1) is 0 Å². The zero-order valence-corrected chi connectivity index (χ0v) is 32.7. The average molecular weight is 752 g/mol. The third-order valence-corrected chi connectivity index (χ3v) is 14.0. The molecule has 4 atom stereocenters. The van der Waals surface area contributed by atoms with Crippen molar-refractivity contribution in [1.82, 2.24) is 9.21 Å². The zero-order valence-electron chi connectivity index (χ0n) is 31.9. The highest BCUT2D eigenvalue weighted by atomic mass is 32.2. The van der Waals surface area contributed by atoms with E-state index in [1.165, 1.54) is 4.90 Å². The number of carbonyl (C=O) groups excluding carboxylic acids is 3. The Balaban J connectivity index is 1.11. The number of nitrogens with two attached hydrogens (primary N) is 1. The molecule has 9 nitrogen and oxygen atoms in total. The van der Waals surface area contributed by atoms with Crippen LogP contribution in [0.1, 0.15) is 76.8 Å². The lowest BCUT2D eigenvalue weighted by atomic mass is 9.59. The molecule has 2 aliphatic carbocycles. The van der Waals surface area contributed by atoms with Crippen molar-refractivity contribution < 1.29 is 27.3 Å². The first-order valence-electron chi connectivity index (χ1n) is 19.4. The number of unbranched alkanes of at least 4 members (excludes halogenated alkanes) is 1. The maximum atomic E-state index is 14.2. The maximum Gasteiger partial charge on any atom is 0.261 e. The SMILES string of the molecule is Cc1ccc(S(=O)(=O)N(CCC2CCC(C(C(N)=O)(c3ccccc3)C3C=CC=CC3)C2)CC[N+](C)(C)CCCCN2C(=O)c3ccccc3C2=O)cc1. The van der Waals surface area contributed by atoms with Gasteiger partial charge in [0.25, 0.3) is 11.8 Å². The molecule has 3 aliphatic rings. The Bertz CT molecular complexity index is 1960. The number of amides is 3. The molecule has 0 radical (unpaired) electrons. The van der Waals surface area contributed by atoms with Gasteiger partial charge in [-0.05, 0) is 93.0 Å². The highest BCUT2D eigenvalue weighted by Gasteiger charge is 2.52. The van der Waals surface area contributed by atoms with Crippen LogP contribution < -0.4 is 5.73 Å². The Morgan fingerprint density at radius 2 is 1.54 bits per heavy atom. The number of likely N-dealkylation sites (N-methyl/N-ethyl adjacent to an activating group) is 1. The first-order valence-corrected chi connectivity index (χ1v) is 20.8. The van der Waals surface area contributed by atoms with Crippen molar-refractivity contribution in [2.45, 2.75) is 62.2 Å². The number of rotatable bonds is 17. The second-order valence-electron chi connectivity index (χ2n) is 16.0. The number of nitrogens with zero attached hydrogens (tertiary/aromatic N) is 3. The summed E-state index contributed by atoms with van der Waals surface area (Å²) >= 11 is 0. The molecule has 54 heavy (non-hydrogen) atoms. The van der Waals surface area contributed by atoms with Gasteiger partial charge in [-0.2, -0.15) is 4.31 Å². The zero-order chi connectivity index (χ0) is 38.5. The number of sulfonamides is 1. The smallest absolute Gasteiger partial charge is 0.261 e. The van der Waals surface area contributed by atoms with Gasteiger partial charge in [-0.25, -0.2) is 8.42 Å². The fourth-order valence-corrected chi connectivity index (χ4v) is 10.4. The monoisotopic (exact) mass is 751 g/mol. The van der Waals surface area contributed by atoms with Crippen molar-refractivity contribution >= 4 is 27.7 Å². The van der Waals surface area contributed by atoms with Gasteiger partial charge in [0.1, 0.15) is 0 Å². The molecule has 286 valence electrons. The molecule has 1 saturated carbocycles. The lowest BCUT2D eigenvalue weighted by Gasteiger charge is -2.43. The molecule has 1 fully saturated rings. The predicted octanol–water partition coefficient (Wildman–Crippen LogP) is 6.50. The minimum absolute atomic E-state index is 0.0432. The predicted molar refractivity (Wildman–Crippen MR) is 212 cm³/mol. The molecule has 4 unspecified atom stereocenters. The van der Waals surface area contributed by atoms with Crippen LogP contribution >= 0.6 is 0 Å². The Labute approximate surface area is 321 Å². The summed E-state index contributed by atoms with van der Waals surface area (Å²) in [6, 6.07) is 24.0. The van der Waals surface area contributed by atoms with Gasteiger partial charge in [-0.1, -0.05) is 90.9 Å². The second-order valence-corrected chi connectivity index (χ2v) is 18.0. The van der Waals surface area contributed by atoms with E-state index in [0.717, 1.165) is 49.8 Å². The first-order chi connectivity index (χ1) is 25.8. The van der Waals surface area contributed by atoms with Crippen LogP contribution in [0.2, 0.25) is 0 Å². The fraction of sp³-hybridized carbons (Fsp3) is 0.432. The molecule has 0 spiro atoms.